The van der Waals surface area contributed by atoms with Crippen LogP contribution in [-0.4, -0.2) is 24.9 Å². The second-order valence-corrected chi connectivity index (χ2v) is 9.82. The van der Waals surface area contributed by atoms with Gasteiger partial charge >= 0.3 is 0 Å². The molecule has 1 amide bonds. The number of amides is 1. The minimum absolute atomic E-state index is 0.202. The van der Waals surface area contributed by atoms with Crippen LogP contribution < -0.4 is 5.14 Å². The Hall–Kier alpha value is -2.33. The molecular formula is C24H30N4OS. The molecule has 0 radical (unpaired) electrons. The first-order valence-electron chi connectivity index (χ1n) is 10.3. The molecule has 2 aromatic rings. The molecule has 0 aliphatic heterocycles. The lowest BCUT2D eigenvalue weighted by atomic mass is 9.87. The Morgan fingerprint density at radius 1 is 1.27 bits per heavy atom. The summed E-state index contributed by atoms with van der Waals surface area (Å²) in [6.45, 7) is 5.05. The third-order valence-corrected chi connectivity index (χ3v) is 6.43. The van der Waals surface area contributed by atoms with E-state index < -0.39 is 10.9 Å². The summed E-state index contributed by atoms with van der Waals surface area (Å²) in [4.78, 5) is 15.8. The van der Waals surface area contributed by atoms with Crippen LogP contribution in [0.15, 0.2) is 45.7 Å². The first-order chi connectivity index (χ1) is 14.3. The molecule has 2 aromatic carbocycles. The zero-order valence-electron chi connectivity index (χ0n) is 18.2. The number of nitrogens with zero attached hydrogens (tertiary/aromatic N) is 3. The Labute approximate surface area is 182 Å². The molecular weight excluding hydrogens is 392 g/mol. The molecule has 0 heterocycles. The molecule has 0 saturated heterocycles. The summed E-state index contributed by atoms with van der Waals surface area (Å²) in [6, 6.07) is 14.1. The van der Waals surface area contributed by atoms with Crippen molar-refractivity contribution in [2.75, 3.05) is 14.1 Å². The van der Waals surface area contributed by atoms with Gasteiger partial charge in [0.2, 0.25) is 0 Å². The molecule has 1 aliphatic carbocycles. The van der Waals surface area contributed by atoms with Gasteiger partial charge in [-0.2, -0.15) is 9.62 Å². The fourth-order valence-electron chi connectivity index (χ4n) is 3.71. The fourth-order valence-corrected chi connectivity index (χ4v) is 4.51. The smallest absolute Gasteiger partial charge is 0.257 e. The van der Waals surface area contributed by atoms with Gasteiger partial charge in [0.15, 0.2) is 0 Å². The average molecular weight is 423 g/mol. The van der Waals surface area contributed by atoms with E-state index in [1.165, 1.54) is 5.56 Å². The van der Waals surface area contributed by atoms with Gasteiger partial charge in [-0.05, 0) is 85.3 Å². The maximum Gasteiger partial charge on any atom is 0.257 e. The minimum Gasteiger partial charge on any atom is -0.305 e. The molecule has 30 heavy (non-hydrogen) atoms. The topological polar surface area (TPSA) is 82.5 Å². The van der Waals surface area contributed by atoms with E-state index in [2.05, 4.69) is 29.2 Å². The molecule has 5 nitrogen and oxygen atoms in total. The SMILES string of the molecule is CC(C)c1cc(C#N)cc(C2CC2)c1CC(=O)/N=S(/N)c1ccc(CN(C)C)cc1. The molecule has 0 bridgehead atoms. The summed E-state index contributed by atoms with van der Waals surface area (Å²) in [5.41, 5.74) is 5.12. The maximum atomic E-state index is 12.8. The van der Waals surface area contributed by atoms with Crippen molar-refractivity contribution < 1.29 is 4.79 Å². The van der Waals surface area contributed by atoms with Gasteiger partial charge in [0.25, 0.3) is 5.91 Å². The van der Waals surface area contributed by atoms with Crippen LogP contribution in [-0.2, 0) is 28.6 Å². The Balaban J connectivity index is 1.84. The third-order valence-electron chi connectivity index (χ3n) is 5.28. The first-order valence-corrected chi connectivity index (χ1v) is 11.6. The van der Waals surface area contributed by atoms with E-state index in [0.717, 1.165) is 41.0 Å². The van der Waals surface area contributed by atoms with E-state index in [0.29, 0.717) is 11.5 Å². The number of nitriles is 1. The molecule has 0 spiro atoms. The van der Waals surface area contributed by atoms with Crippen LogP contribution in [0.4, 0.5) is 0 Å². The van der Waals surface area contributed by atoms with Gasteiger partial charge in [-0.1, -0.05) is 26.0 Å². The largest absolute Gasteiger partial charge is 0.305 e. The average Bonchev–Trinajstić information content (AvgIpc) is 3.53. The van der Waals surface area contributed by atoms with Crippen LogP contribution in [0.1, 0.15) is 66.3 Å². The fraction of sp³-hybridized carbons (Fsp3) is 0.417. The van der Waals surface area contributed by atoms with E-state index in [1.54, 1.807) is 0 Å². The normalized spacial score (nSPS) is 14.9. The summed E-state index contributed by atoms with van der Waals surface area (Å²) in [5, 5.41) is 15.6. The molecule has 1 unspecified atom stereocenters. The molecule has 158 valence electrons. The van der Waals surface area contributed by atoms with Gasteiger partial charge < -0.3 is 4.90 Å². The number of nitrogens with two attached hydrogens (primary N) is 1. The molecule has 2 N–H and O–H groups in total. The molecule has 6 heteroatoms. The first kappa shape index (κ1) is 22.4. The summed E-state index contributed by atoms with van der Waals surface area (Å²) < 4.78 is 4.29. The van der Waals surface area contributed by atoms with Crippen LogP contribution in [0.2, 0.25) is 0 Å². The molecule has 1 aliphatic rings. The van der Waals surface area contributed by atoms with Gasteiger partial charge in [-0.25, -0.2) is 0 Å². The minimum atomic E-state index is -0.974. The molecule has 3 rings (SSSR count). The Kier molecular flexibility index (Phi) is 7.19. The second kappa shape index (κ2) is 9.65. The van der Waals surface area contributed by atoms with Crippen molar-refractivity contribution in [2.45, 2.75) is 56.4 Å². The van der Waals surface area contributed by atoms with Crippen LogP contribution in [0.5, 0.6) is 0 Å². The van der Waals surface area contributed by atoms with E-state index >= 15 is 0 Å². The Bertz CT molecular complexity index is 976. The van der Waals surface area contributed by atoms with Gasteiger partial charge in [0.05, 0.1) is 18.1 Å². The summed E-state index contributed by atoms with van der Waals surface area (Å²) in [5.74, 6) is 0.490. The second-order valence-electron chi connectivity index (χ2n) is 8.53. The van der Waals surface area contributed by atoms with Crippen LogP contribution in [0.3, 0.4) is 0 Å². The highest BCUT2D eigenvalue weighted by Gasteiger charge is 2.29. The zero-order chi connectivity index (χ0) is 21.8. The number of carbonyl (C=O) groups excluding carboxylic acids is 1. The van der Waals surface area contributed by atoms with Crippen molar-refractivity contribution in [3.8, 4) is 6.07 Å². The van der Waals surface area contributed by atoms with Crippen molar-refractivity contribution in [1.29, 1.82) is 5.26 Å². The zero-order valence-corrected chi connectivity index (χ0v) is 19.0. The van der Waals surface area contributed by atoms with Gasteiger partial charge in [0.1, 0.15) is 0 Å². The lowest BCUT2D eigenvalue weighted by Gasteiger charge is -2.17. The van der Waals surface area contributed by atoms with E-state index in [1.807, 2.05) is 50.5 Å². The van der Waals surface area contributed by atoms with Crippen molar-refractivity contribution in [3.63, 3.8) is 0 Å². The maximum absolute atomic E-state index is 12.8. The van der Waals surface area contributed by atoms with Crippen molar-refractivity contribution in [3.05, 3.63) is 64.2 Å². The standard InChI is InChI=1S/C24H30N4OS/c1-16(2)21-11-18(14-25)12-22(19-7-8-19)23(21)13-24(29)27-30(26)20-9-5-17(6-10-20)15-28(3)4/h5-6,9-12,16,19H,7-8,13,15H2,1-4H3,(H2,26,27,29). The van der Waals surface area contributed by atoms with E-state index in [-0.39, 0.29) is 18.2 Å². The number of rotatable bonds is 7. The highest BCUT2D eigenvalue weighted by molar-refractivity contribution is 7.85. The molecule has 0 aromatic heterocycles. The predicted octanol–water partition coefficient (Wildman–Crippen LogP) is 4.42. The predicted molar refractivity (Wildman–Crippen MR) is 122 cm³/mol. The highest BCUT2D eigenvalue weighted by atomic mass is 32.2. The Morgan fingerprint density at radius 2 is 1.93 bits per heavy atom. The van der Waals surface area contributed by atoms with E-state index in [4.69, 9.17) is 5.14 Å². The van der Waals surface area contributed by atoms with Crippen molar-refractivity contribution in [2.24, 2.45) is 9.50 Å². The highest BCUT2D eigenvalue weighted by Crippen LogP contribution is 2.44. The number of carbonyl (C=O) groups is 1. The van der Waals surface area contributed by atoms with Gasteiger partial charge in [-0.3, -0.25) is 9.93 Å². The number of hydrogen-bond acceptors (Lipinski definition) is 3. The van der Waals surface area contributed by atoms with Crippen molar-refractivity contribution >= 4 is 16.8 Å². The summed E-state index contributed by atoms with van der Waals surface area (Å²) in [7, 11) is 3.08. The monoisotopic (exact) mass is 422 g/mol. The van der Waals surface area contributed by atoms with Crippen LogP contribution >= 0.6 is 0 Å². The van der Waals surface area contributed by atoms with E-state index in [9.17, 15) is 10.1 Å². The lowest BCUT2D eigenvalue weighted by molar-refractivity contribution is -0.117. The Morgan fingerprint density at radius 3 is 2.47 bits per heavy atom. The molecule has 1 atom stereocenters. The molecule has 1 fully saturated rings. The third kappa shape index (κ3) is 5.63. The number of hydrogen-bond donors (Lipinski definition) is 1. The van der Waals surface area contributed by atoms with Gasteiger partial charge in [0, 0.05) is 22.3 Å². The van der Waals surface area contributed by atoms with Crippen LogP contribution in [0, 0.1) is 11.3 Å². The van der Waals surface area contributed by atoms with Crippen LogP contribution in [0.25, 0.3) is 0 Å². The number of benzene rings is 2. The van der Waals surface area contributed by atoms with Crippen molar-refractivity contribution in [1.82, 2.24) is 4.90 Å². The van der Waals surface area contributed by atoms with Gasteiger partial charge in [-0.15, -0.1) is 0 Å². The quantitative estimate of drug-likeness (QED) is 0.716. The summed E-state index contributed by atoms with van der Waals surface area (Å²) >= 11 is 0. The molecule has 1 saturated carbocycles. The summed E-state index contributed by atoms with van der Waals surface area (Å²) in [6.07, 6.45) is 2.47. The lowest BCUT2D eigenvalue weighted by Crippen LogP contribution is -2.12.